The van der Waals surface area contributed by atoms with E-state index in [1.165, 1.54) is 0 Å². The van der Waals surface area contributed by atoms with Gasteiger partial charge >= 0.3 is 0 Å². The van der Waals surface area contributed by atoms with Crippen LogP contribution in [0, 0.1) is 0 Å². The summed E-state index contributed by atoms with van der Waals surface area (Å²) in [5.41, 5.74) is 7.49. The van der Waals surface area contributed by atoms with Gasteiger partial charge in [-0.3, -0.25) is 0 Å². The largest absolute Gasteiger partial charge is 0.399 e. The SMILES string of the molecule is C[C@@H]1CN(c2ccc(N)cc2Cl)C[C@H](C)N1. The van der Waals surface area contributed by atoms with Crippen molar-refractivity contribution in [1.82, 2.24) is 5.32 Å². The van der Waals surface area contributed by atoms with Gasteiger partial charge in [-0.25, -0.2) is 0 Å². The van der Waals surface area contributed by atoms with E-state index in [4.69, 9.17) is 17.3 Å². The molecule has 0 aromatic heterocycles. The molecule has 16 heavy (non-hydrogen) atoms. The molecular formula is C12H18ClN3. The lowest BCUT2D eigenvalue weighted by molar-refractivity contribution is 0.407. The Morgan fingerprint density at radius 3 is 2.50 bits per heavy atom. The lowest BCUT2D eigenvalue weighted by atomic mass is 10.1. The predicted octanol–water partition coefficient (Wildman–Crippen LogP) is 2.11. The highest BCUT2D eigenvalue weighted by Gasteiger charge is 2.22. The second kappa shape index (κ2) is 4.52. The number of nitrogens with zero attached hydrogens (tertiary/aromatic N) is 1. The van der Waals surface area contributed by atoms with Gasteiger partial charge in [0, 0.05) is 30.9 Å². The first kappa shape index (κ1) is 11.6. The molecule has 1 aromatic rings. The molecule has 0 aliphatic carbocycles. The van der Waals surface area contributed by atoms with Gasteiger partial charge in [0.1, 0.15) is 0 Å². The number of piperazine rings is 1. The molecule has 88 valence electrons. The van der Waals surface area contributed by atoms with Crippen LogP contribution in [0.4, 0.5) is 11.4 Å². The Morgan fingerprint density at radius 1 is 1.31 bits per heavy atom. The topological polar surface area (TPSA) is 41.3 Å². The maximum atomic E-state index is 6.22. The standard InChI is InChI=1S/C12H18ClN3/c1-8-6-16(7-9(2)15-8)12-4-3-10(14)5-11(12)13/h3-5,8-9,15H,6-7,14H2,1-2H3/t8-,9+. The zero-order valence-corrected chi connectivity index (χ0v) is 10.5. The Balaban J connectivity index is 2.23. The quantitative estimate of drug-likeness (QED) is 0.738. The van der Waals surface area contributed by atoms with E-state index in [2.05, 4.69) is 24.1 Å². The average Bonchev–Trinajstić information content (AvgIpc) is 2.15. The first-order valence-electron chi connectivity index (χ1n) is 5.62. The molecule has 0 unspecified atom stereocenters. The first-order valence-corrected chi connectivity index (χ1v) is 6.00. The van der Waals surface area contributed by atoms with Crippen LogP contribution in [0.1, 0.15) is 13.8 Å². The number of nitrogens with two attached hydrogens (primary N) is 1. The van der Waals surface area contributed by atoms with Crippen LogP contribution in [0.3, 0.4) is 0 Å². The van der Waals surface area contributed by atoms with E-state index in [0.29, 0.717) is 17.8 Å². The minimum atomic E-state index is 0.484. The van der Waals surface area contributed by atoms with Crippen molar-refractivity contribution in [3.63, 3.8) is 0 Å². The third kappa shape index (κ3) is 2.42. The molecule has 3 N–H and O–H groups in total. The maximum absolute atomic E-state index is 6.22. The van der Waals surface area contributed by atoms with Crippen molar-refractivity contribution in [2.75, 3.05) is 23.7 Å². The van der Waals surface area contributed by atoms with Crippen molar-refractivity contribution in [2.24, 2.45) is 0 Å². The monoisotopic (exact) mass is 239 g/mol. The highest BCUT2D eigenvalue weighted by molar-refractivity contribution is 6.33. The van der Waals surface area contributed by atoms with Crippen molar-refractivity contribution in [3.05, 3.63) is 23.2 Å². The number of anilines is 2. The number of nitrogens with one attached hydrogen (secondary N) is 1. The van der Waals surface area contributed by atoms with E-state index in [1.54, 1.807) is 0 Å². The lowest BCUT2D eigenvalue weighted by Gasteiger charge is -2.38. The van der Waals surface area contributed by atoms with Crippen molar-refractivity contribution in [1.29, 1.82) is 0 Å². The molecule has 1 heterocycles. The number of halogens is 1. The lowest BCUT2D eigenvalue weighted by Crippen LogP contribution is -2.54. The van der Waals surface area contributed by atoms with Gasteiger partial charge in [0.15, 0.2) is 0 Å². The third-order valence-corrected chi connectivity index (χ3v) is 3.17. The summed E-state index contributed by atoms with van der Waals surface area (Å²) in [6.07, 6.45) is 0. The van der Waals surface area contributed by atoms with Crippen LogP contribution in [0.25, 0.3) is 0 Å². The number of hydrogen-bond acceptors (Lipinski definition) is 3. The van der Waals surface area contributed by atoms with Crippen LogP contribution in [0.15, 0.2) is 18.2 Å². The number of rotatable bonds is 1. The van der Waals surface area contributed by atoms with Crippen molar-refractivity contribution >= 4 is 23.0 Å². The van der Waals surface area contributed by atoms with Gasteiger partial charge in [-0.15, -0.1) is 0 Å². The van der Waals surface area contributed by atoms with Crippen LogP contribution < -0.4 is 16.0 Å². The molecular weight excluding hydrogens is 222 g/mol. The summed E-state index contributed by atoms with van der Waals surface area (Å²) >= 11 is 6.22. The van der Waals surface area contributed by atoms with Crippen LogP contribution in [0.2, 0.25) is 5.02 Å². The predicted molar refractivity (Wildman–Crippen MR) is 70.1 cm³/mol. The first-order chi connectivity index (χ1) is 7.56. The van der Waals surface area contributed by atoms with Gasteiger partial charge in [0.2, 0.25) is 0 Å². The van der Waals surface area contributed by atoms with E-state index >= 15 is 0 Å². The molecule has 3 nitrogen and oxygen atoms in total. The number of nitrogen functional groups attached to an aromatic ring is 1. The third-order valence-electron chi connectivity index (χ3n) is 2.87. The van der Waals surface area contributed by atoms with Gasteiger partial charge in [-0.05, 0) is 32.0 Å². The van der Waals surface area contributed by atoms with Gasteiger partial charge in [0.25, 0.3) is 0 Å². The number of hydrogen-bond donors (Lipinski definition) is 2. The van der Waals surface area contributed by atoms with E-state index in [1.807, 2.05) is 18.2 Å². The molecule has 1 aliphatic heterocycles. The van der Waals surface area contributed by atoms with Gasteiger partial charge in [-0.1, -0.05) is 11.6 Å². The fourth-order valence-electron chi connectivity index (χ4n) is 2.30. The normalized spacial score (nSPS) is 25.8. The molecule has 0 amide bonds. The summed E-state index contributed by atoms with van der Waals surface area (Å²) in [7, 11) is 0. The van der Waals surface area contributed by atoms with Gasteiger partial charge < -0.3 is 16.0 Å². The Labute approximate surface area is 102 Å². The van der Waals surface area contributed by atoms with Crippen LogP contribution in [0.5, 0.6) is 0 Å². The summed E-state index contributed by atoms with van der Waals surface area (Å²) in [4.78, 5) is 2.31. The zero-order chi connectivity index (χ0) is 11.7. The Bertz CT molecular complexity index is 371. The second-order valence-electron chi connectivity index (χ2n) is 4.58. The summed E-state index contributed by atoms with van der Waals surface area (Å²) in [6, 6.07) is 6.68. The van der Waals surface area contributed by atoms with Crippen LogP contribution >= 0.6 is 11.6 Å². The zero-order valence-electron chi connectivity index (χ0n) is 9.70. The molecule has 1 aliphatic rings. The van der Waals surface area contributed by atoms with Crippen molar-refractivity contribution in [2.45, 2.75) is 25.9 Å². The van der Waals surface area contributed by atoms with Crippen molar-refractivity contribution < 1.29 is 0 Å². The molecule has 1 fully saturated rings. The maximum Gasteiger partial charge on any atom is 0.0660 e. The van der Waals surface area contributed by atoms with E-state index in [-0.39, 0.29) is 0 Å². The molecule has 4 heteroatoms. The smallest absolute Gasteiger partial charge is 0.0660 e. The summed E-state index contributed by atoms with van der Waals surface area (Å²) < 4.78 is 0. The Hall–Kier alpha value is -0.930. The van der Waals surface area contributed by atoms with E-state index in [0.717, 1.165) is 23.8 Å². The fraction of sp³-hybridized carbons (Fsp3) is 0.500. The molecule has 0 spiro atoms. The number of benzene rings is 1. The summed E-state index contributed by atoms with van der Waals surface area (Å²) in [5.74, 6) is 0. The fourth-order valence-corrected chi connectivity index (χ4v) is 2.61. The molecule has 2 rings (SSSR count). The highest BCUT2D eigenvalue weighted by atomic mass is 35.5. The average molecular weight is 240 g/mol. The van der Waals surface area contributed by atoms with Crippen molar-refractivity contribution in [3.8, 4) is 0 Å². The van der Waals surface area contributed by atoms with Crippen LogP contribution in [-0.4, -0.2) is 25.2 Å². The molecule has 2 atom stereocenters. The van der Waals surface area contributed by atoms with Gasteiger partial charge in [-0.2, -0.15) is 0 Å². The minimum absolute atomic E-state index is 0.484. The highest BCUT2D eigenvalue weighted by Crippen LogP contribution is 2.29. The van der Waals surface area contributed by atoms with E-state index in [9.17, 15) is 0 Å². The van der Waals surface area contributed by atoms with Crippen LogP contribution in [-0.2, 0) is 0 Å². The summed E-state index contributed by atoms with van der Waals surface area (Å²) in [6.45, 7) is 6.34. The molecule has 1 saturated heterocycles. The summed E-state index contributed by atoms with van der Waals surface area (Å²) in [5, 5.41) is 4.24. The molecule has 0 saturated carbocycles. The van der Waals surface area contributed by atoms with Gasteiger partial charge in [0.05, 0.1) is 10.7 Å². The molecule has 0 bridgehead atoms. The second-order valence-corrected chi connectivity index (χ2v) is 4.99. The Kier molecular flexibility index (Phi) is 3.26. The molecule has 0 radical (unpaired) electrons. The molecule has 1 aromatic carbocycles. The van der Waals surface area contributed by atoms with E-state index < -0.39 is 0 Å². The minimum Gasteiger partial charge on any atom is -0.399 e. The Morgan fingerprint density at radius 2 is 1.94 bits per heavy atom.